The molecule has 25 heteroatoms. The Balaban J connectivity index is 2.29. The van der Waals surface area contributed by atoms with E-state index < -0.39 is 0 Å². The van der Waals surface area contributed by atoms with Crippen molar-refractivity contribution in [3.63, 3.8) is 0 Å². The lowest BCUT2D eigenvalue weighted by atomic mass is 8.68. The Hall–Kier alpha value is -2.28. The molecule has 0 radical (unpaired) electrons. The van der Waals surface area contributed by atoms with Crippen LogP contribution in [-0.2, 0) is 0 Å². The predicted molar refractivity (Wildman–Crippen MR) is 381 cm³/mol. The summed E-state index contributed by atoms with van der Waals surface area (Å²) in [6, 6.07) is 0. The van der Waals surface area contributed by atoms with Crippen molar-refractivity contribution >= 4 is 246 Å². The molecule has 69 heavy (non-hydrogen) atoms. The van der Waals surface area contributed by atoms with E-state index in [9.17, 15) is 0 Å². The van der Waals surface area contributed by atoms with Gasteiger partial charge in [-0.15, -0.1) is 10.9 Å². The van der Waals surface area contributed by atoms with Crippen LogP contribution in [0.15, 0.2) is 0 Å². The molecule has 0 aliphatic carbocycles. The molecule has 0 nitrogen and oxygen atoms in total. The van der Waals surface area contributed by atoms with Crippen LogP contribution in [0.25, 0.3) is 54.6 Å². The van der Waals surface area contributed by atoms with E-state index in [1.807, 2.05) is 0 Å². The first-order valence-corrected chi connectivity index (χ1v) is 27.8. The lowest BCUT2D eigenvalue weighted by Crippen LogP contribution is -2.69. The van der Waals surface area contributed by atoms with Gasteiger partial charge in [0.2, 0.25) is 0 Å². The first kappa shape index (κ1) is 56.0. The molecular formula is C44H73B25. The fourth-order valence-corrected chi connectivity index (χ4v) is 14.3. The highest BCUT2D eigenvalue weighted by atomic mass is 14.3. The molecule has 0 amide bonds. The molecule has 0 aliphatic heterocycles. The lowest BCUT2D eigenvalue weighted by Gasteiger charge is -2.38. The van der Waals surface area contributed by atoms with Crippen LogP contribution in [-0.4, -0.2) is 181 Å². The largest absolute Gasteiger partial charge is 0.139 e. The molecule has 0 bridgehead atoms. The summed E-state index contributed by atoms with van der Waals surface area (Å²) in [5.74, 6) is 0. The van der Waals surface area contributed by atoms with Crippen molar-refractivity contribution in [1.82, 2.24) is 0 Å². The summed E-state index contributed by atoms with van der Waals surface area (Å²) in [6.07, 6.45) is 2.03. The third-order valence-corrected chi connectivity index (χ3v) is 19.7. The van der Waals surface area contributed by atoms with Gasteiger partial charge in [-0.25, -0.2) is 0 Å². The van der Waals surface area contributed by atoms with Gasteiger partial charge in [0.05, 0.1) is 127 Å². The smallest absolute Gasteiger partial charge is 0.105 e. The van der Waals surface area contributed by atoms with Gasteiger partial charge in [-0.1, -0.05) is 27.4 Å². The Morgan fingerprint density at radius 3 is 1.06 bits per heavy atom. The van der Waals surface area contributed by atoms with Gasteiger partial charge in [0.25, 0.3) is 0 Å². The van der Waals surface area contributed by atoms with Crippen LogP contribution in [0, 0.1) is 96.9 Å². The average Bonchev–Trinajstić information content (AvgIpc) is 3.29. The second kappa shape index (κ2) is 20.9. The molecule has 0 spiro atoms. The third-order valence-electron chi connectivity index (χ3n) is 19.7. The second-order valence-corrected chi connectivity index (χ2v) is 24.2. The maximum Gasteiger partial charge on any atom is 0.139 e. The highest BCUT2D eigenvalue weighted by Gasteiger charge is 2.40. The van der Waals surface area contributed by atoms with Gasteiger partial charge in [-0.3, -0.25) is 0 Å². The number of rotatable bonds is 13. The van der Waals surface area contributed by atoms with E-state index in [0.29, 0.717) is 51.5 Å². The molecule has 0 N–H and O–H groups in total. The van der Waals surface area contributed by atoms with Gasteiger partial charge >= 0.3 is 0 Å². The summed E-state index contributed by atoms with van der Waals surface area (Å²) >= 11 is 0. The normalized spacial score (nSPS) is 11.3. The van der Waals surface area contributed by atoms with E-state index in [2.05, 4.69) is 205 Å². The van der Waals surface area contributed by atoms with E-state index in [0.717, 1.165) is 14.2 Å². The van der Waals surface area contributed by atoms with E-state index in [-0.39, 0.29) is 0 Å². The monoisotopic (exact) mass is 877 g/mol. The Labute approximate surface area is 440 Å². The Kier molecular flexibility index (Phi) is 17.0. The first-order chi connectivity index (χ1) is 32.1. The fraction of sp³-hybridized carbons (Fsp3) is 0.318. The summed E-state index contributed by atoms with van der Waals surface area (Å²) in [6.45, 7) is 35.7. The number of hydrogen-bond acceptors (Lipinski definition) is 0. The zero-order chi connectivity index (χ0) is 52.1. The minimum atomic E-state index is 0.313. The van der Waals surface area contributed by atoms with Crippen molar-refractivity contribution in [3.05, 3.63) is 77.9 Å². The molecule has 0 saturated carbocycles. The topological polar surface area (TPSA) is 0 Å². The first-order valence-electron chi connectivity index (χ1n) is 27.8. The quantitative estimate of drug-likeness (QED) is 0.0801. The lowest BCUT2D eigenvalue weighted by molar-refractivity contribution is 1.18. The zero-order valence-corrected chi connectivity index (χ0v) is 49.7. The van der Waals surface area contributed by atoms with Gasteiger partial charge in [0.15, 0.2) is 0 Å². The molecular weight excluding hydrogens is 799 g/mol. The summed E-state index contributed by atoms with van der Waals surface area (Å²) in [4.78, 5) is 0. The van der Waals surface area contributed by atoms with Crippen molar-refractivity contribution in [3.8, 4) is 22.3 Å². The average molecular weight is 872 g/mol. The molecule has 0 fully saturated rings. The molecule has 0 heterocycles. The minimum absolute atomic E-state index is 0.313. The molecule has 6 aromatic rings. The van der Waals surface area contributed by atoms with Gasteiger partial charge in [-0.05, 0) is 224 Å². The Morgan fingerprint density at radius 1 is 0.333 bits per heavy atom. The molecule has 324 valence electrons. The molecule has 0 aliphatic rings. The van der Waals surface area contributed by atoms with Crippen LogP contribution >= 0.6 is 0 Å². The Morgan fingerprint density at radius 2 is 0.725 bits per heavy atom. The van der Waals surface area contributed by atoms with Crippen molar-refractivity contribution in [2.45, 2.75) is 96.9 Å². The highest BCUT2D eigenvalue weighted by Crippen LogP contribution is 2.52. The minimum Gasteiger partial charge on any atom is -0.105 e. The van der Waals surface area contributed by atoms with Crippen LogP contribution in [0.4, 0.5) is 0 Å². The predicted octanol–water partition coefficient (Wildman–Crippen LogP) is -9.97. The van der Waals surface area contributed by atoms with Crippen molar-refractivity contribution in [1.29, 1.82) is 0 Å². The number of aryl methyl sites for hydroxylation is 4. The Bertz CT molecular complexity index is 2980. The van der Waals surface area contributed by atoms with Gasteiger partial charge in [-0.2, -0.15) is 0 Å². The van der Waals surface area contributed by atoms with Crippen molar-refractivity contribution in [2.24, 2.45) is 0 Å². The van der Waals surface area contributed by atoms with E-state index in [1.165, 1.54) is 123 Å². The number of hydrogen-bond donors (Lipinski definition) is 0. The van der Waals surface area contributed by atoms with Gasteiger partial charge in [0, 0.05) is 32.6 Å². The fourth-order valence-electron chi connectivity index (χ4n) is 14.3. The second-order valence-electron chi connectivity index (χ2n) is 24.2. The van der Waals surface area contributed by atoms with E-state index in [4.69, 9.17) is 0 Å². The van der Waals surface area contributed by atoms with Crippen LogP contribution in [0.3, 0.4) is 0 Å². The van der Waals surface area contributed by atoms with Crippen molar-refractivity contribution < 1.29 is 0 Å². The SMILES string of the molecule is BBB(B)B(B(B)B)c1c(C)c(B(BB)B(B)B)c(B(B)B(B)B)c2c(-c3c4c(C)c(C)c(C)c(C)c4c(-c4c(C)c(C)c(C)c(C)c4C)c4c(C)c(C)c(C)c(C)c34)c(B(B)B)c(BB)c(B)c12. The molecule has 0 aromatic heterocycles. The van der Waals surface area contributed by atoms with Gasteiger partial charge < -0.3 is 0 Å². The molecule has 0 unspecified atom stereocenters. The maximum atomic E-state index is 2.60. The van der Waals surface area contributed by atoms with Crippen LogP contribution in [0.2, 0.25) is 0 Å². The van der Waals surface area contributed by atoms with Crippen LogP contribution in [0.1, 0.15) is 77.9 Å². The van der Waals surface area contributed by atoms with Crippen LogP contribution in [0.5, 0.6) is 0 Å². The summed E-state index contributed by atoms with van der Waals surface area (Å²) in [5, 5.41) is 9.09. The van der Waals surface area contributed by atoms with Crippen LogP contribution < -0.4 is 32.8 Å². The highest BCUT2D eigenvalue weighted by molar-refractivity contribution is 7.88. The summed E-state index contributed by atoms with van der Waals surface area (Å²) < 4.78 is 0. The standard InChI is InChI=1S/C44H73B25/c1-15-16(2)22(8)29(23(9)17(15)3)34-30-24(10)18(4)20(6)26(12)32(30)35(33-27(13)21(7)19(5)25(11)31(33)34)36-37-38(39(45)40(59-46)43(36)62(49)50)41(65(68(56)57)69(58)61-48)28(14)42(64(60-47)67(54)55)44(37)63(51)66(52)53/h59-61H,45-58H2,1-14H3. The molecule has 0 saturated heterocycles. The zero-order valence-electron chi connectivity index (χ0n) is 49.7. The molecule has 6 aromatic carbocycles. The molecule has 0 atom stereocenters. The number of fused-ring (bicyclic) bond motifs is 3. The summed E-state index contributed by atoms with van der Waals surface area (Å²) in [5.41, 5.74) is 35.9. The maximum absolute atomic E-state index is 2.60. The third kappa shape index (κ3) is 8.64. The molecule has 6 rings (SSSR count). The van der Waals surface area contributed by atoms with E-state index in [1.54, 1.807) is 49.2 Å². The van der Waals surface area contributed by atoms with Crippen molar-refractivity contribution in [2.75, 3.05) is 0 Å². The number of benzene rings is 6. The van der Waals surface area contributed by atoms with Gasteiger partial charge in [0.1, 0.15) is 21.5 Å². The van der Waals surface area contributed by atoms with E-state index >= 15 is 0 Å². The summed E-state index contributed by atoms with van der Waals surface area (Å²) in [7, 11) is 38.5.